The van der Waals surface area contributed by atoms with Gasteiger partial charge >= 0.3 is 0 Å². The zero-order chi connectivity index (χ0) is 17.8. The third-order valence-electron chi connectivity index (χ3n) is 3.84. The van der Waals surface area contributed by atoms with E-state index in [2.05, 4.69) is 5.32 Å². The molecule has 0 radical (unpaired) electrons. The van der Waals surface area contributed by atoms with Crippen LogP contribution in [-0.4, -0.2) is 17.6 Å². The van der Waals surface area contributed by atoms with E-state index in [1.807, 2.05) is 24.4 Å². The van der Waals surface area contributed by atoms with Gasteiger partial charge in [0.2, 0.25) is 0 Å². The Morgan fingerprint density at radius 3 is 2.56 bits per heavy atom. The first-order chi connectivity index (χ1) is 12.1. The molecule has 0 aliphatic heterocycles. The zero-order valence-electron chi connectivity index (χ0n) is 13.9. The predicted molar refractivity (Wildman–Crippen MR) is 98.8 cm³/mol. The maximum atomic E-state index is 12.5. The van der Waals surface area contributed by atoms with E-state index < -0.39 is 0 Å². The minimum Gasteiger partial charge on any atom is -0.497 e. The lowest BCUT2D eigenvalue weighted by atomic mass is 10.2. The highest BCUT2D eigenvalue weighted by atomic mass is 32.1. The van der Waals surface area contributed by atoms with Crippen LogP contribution in [0.5, 0.6) is 5.75 Å². The van der Waals surface area contributed by atoms with Crippen LogP contribution in [0, 0.1) is 0 Å². The van der Waals surface area contributed by atoms with E-state index >= 15 is 0 Å². The summed E-state index contributed by atoms with van der Waals surface area (Å²) in [7, 11) is 1.58. The number of nitrogens with zero attached hydrogens (tertiary/aromatic N) is 1. The lowest BCUT2D eigenvalue weighted by molar-refractivity contribution is 0.0940. The molecule has 0 bridgehead atoms. The number of ether oxygens (including phenoxy) is 1. The van der Waals surface area contributed by atoms with E-state index in [1.54, 1.807) is 55.0 Å². The van der Waals surface area contributed by atoms with Gasteiger partial charge in [-0.3, -0.25) is 14.2 Å². The monoisotopic (exact) mass is 354 g/mol. The first-order valence-corrected chi connectivity index (χ1v) is 8.68. The Morgan fingerprint density at radius 1 is 1.16 bits per heavy atom. The highest BCUT2D eigenvalue weighted by molar-refractivity contribution is 7.10. The average molecular weight is 354 g/mol. The minimum atomic E-state index is -0.219. The van der Waals surface area contributed by atoms with Crippen LogP contribution in [0.4, 0.5) is 0 Å². The lowest BCUT2D eigenvalue weighted by Crippen LogP contribution is -2.28. The minimum absolute atomic E-state index is 0.0890. The Hall–Kier alpha value is -2.86. The molecule has 1 amide bonds. The maximum absolute atomic E-state index is 12.5. The van der Waals surface area contributed by atoms with E-state index in [1.165, 1.54) is 10.6 Å². The van der Waals surface area contributed by atoms with Gasteiger partial charge in [0.05, 0.1) is 18.7 Å². The summed E-state index contributed by atoms with van der Waals surface area (Å²) in [5, 5.41) is 4.93. The predicted octanol–water partition coefficient (Wildman–Crippen LogP) is 3.40. The van der Waals surface area contributed by atoms with Gasteiger partial charge in [0, 0.05) is 22.8 Å². The smallest absolute Gasteiger partial charge is 0.255 e. The summed E-state index contributed by atoms with van der Waals surface area (Å²) in [5.41, 5.74) is 0.901. The number of amides is 1. The van der Waals surface area contributed by atoms with Gasteiger partial charge < -0.3 is 10.1 Å². The van der Waals surface area contributed by atoms with Gasteiger partial charge in [0.1, 0.15) is 5.75 Å². The van der Waals surface area contributed by atoms with Crippen molar-refractivity contribution in [2.45, 2.75) is 13.0 Å². The molecule has 128 valence electrons. The standard InChI is InChI=1S/C19H18N2O3S/c1-13(17-4-3-11-25-17)20-19(23)14-5-10-18(22)21(12-14)15-6-8-16(24-2)9-7-15/h3-13H,1-2H3,(H,20,23). The summed E-state index contributed by atoms with van der Waals surface area (Å²) < 4.78 is 6.57. The number of methoxy groups -OCH3 is 1. The van der Waals surface area contributed by atoms with Crippen molar-refractivity contribution in [2.75, 3.05) is 7.11 Å². The van der Waals surface area contributed by atoms with Crippen molar-refractivity contribution in [1.29, 1.82) is 0 Å². The Balaban J connectivity index is 1.85. The van der Waals surface area contributed by atoms with Gasteiger partial charge in [-0.25, -0.2) is 0 Å². The van der Waals surface area contributed by atoms with E-state index in [9.17, 15) is 9.59 Å². The molecule has 0 saturated carbocycles. The van der Waals surface area contributed by atoms with Crippen molar-refractivity contribution >= 4 is 17.2 Å². The summed E-state index contributed by atoms with van der Waals surface area (Å²) in [6.07, 6.45) is 1.56. The molecule has 6 heteroatoms. The van der Waals surface area contributed by atoms with Crippen LogP contribution < -0.4 is 15.6 Å². The molecular weight excluding hydrogens is 336 g/mol. The second-order valence-corrected chi connectivity index (χ2v) is 6.51. The molecule has 0 saturated heterocycles. The van der Waals surface area contributed by atoms with Gasteiger partial charge in [-0.2, -0.15) is 0 Å². The average Bonchev–Trinajstić information content (AvgIpc) is 3.17. The van der Waals surface area contributed by atoms with Crippen molar-refractivity contribution < 1.29 is 9.53 Å². The van der Waals surface area contributed by atoms with Crippen molar-refractivity contribution in [1.82, 2.24) is 9.88 Å². The quantitative estimate of drug-likeness (QED) is 0.764. The number of hydrogen-bond acceptors (Lipinski definition) is 4. The molecule has 25 heavy (non-hydrogen) atoms. The summed E-state index contributed by atoms with van der Waals surface area (Å²) >= 11 is 1.59. The largest absolute Gasteiger partial charge is 0.497 e. The van der Waals surface area contributed by atoms with Gasteiger partial charge in [-0.1, -0.05) is 6.07 Å². The van der Waals surface area contributed by atoms with E-state index in [-0.39, 0.29) is 17.5 Å². The van der Waals surface area contributed by atoms with Crippen LogP contribution in [0.1, 0.15) is 28.2 Å². The number of pyridine rings is 1. The summed E-state index contributed by atoms with van der Waals surface area (Å²) in [4.78, 5) is 25.7. The number of nitrogens with one attached hydrogen (secondary N) is 1. The number of benzene rings is 1. The molecule has 1 unspecified atom stereocenters. The van der Waals surface area contributed by atoms with Crippen LogP contribution in [0.25, 0.3) is 5.69 Å². The van der Waals surface area contributed by atoms with Gasteiger partial charge in [-0.05, 0) is 48.7 Å². The molecule has 5 nitrogen and oxygen atoms in total. The lowest BCUT2D eigenvalue weighted by Gasteiger charge is -2.13. The molecule has 0 aliphatic carbocycles. The third-order valence-corrected chi connectivity index (χ3v) is 4.90. The Morgan fingerprint density at radius 2 is 1.92 bits per heavy atom. The molecule has 1 aromatic carbocycles. The number of rotatable bonds is 5. The number of thiophene rings is 1. The fraction of sp³-hybridized carbons (Fsp3) is 0.158. The highest BCUT2D eigenvalue weighted by Gasteiger charge is 2.13. The number of carbonyl (C=O) groups is 1. The topological polar surface area (TPSA) is 60.3 Å². The Bertz CT molecular complexity index is 915. The van der Waals surface area contributed by atoms with Crippen LogP contribution in [0.15, 0.2) is 64.9 Å². The molecule has 3 rings (SSSR count). The van der Waals surface area contributed by atoms with Crippen molar-refractivity contribution in [3.05, 3.63) is 80.9 Å². The summed E-state index contributed by atoms with van der Waals surface area (Å²) in [6.45, 7) is 1.93. The SMILES string of the molecule is COc1ccc(-n2cc(C(=O)NC(C)c3cccs3)ccc2=O)cc1. The fourth-order valence-electron chi connectivity index (χ4n) is 2.45. The normalized spacial score (nSPS) is 11.8. The van der Waals surface area contributed by atoms with Crippen molar-refractivity contribution in [3.8, 4) is 11.4 Å². The van der Waals surface area contributed by atoms with Crippen LogP contribution >= 0.6 is 11.3 Å². The maximum Gasteiger partial charge on any atom is 0.255 e. The van der Waals surface area contributed by atoms with Crippen LogP contribution in [-0.2, 0) is 0 Å². The van der Waals surface area contributed by atoms with Crippen molar-refractivity contribution in [2.24, 2.45) is 0 Å². The second-order valence-electron chi connectivity index (χ2n) is 5.53. The molecule has 0 fully saturated rings. The molecule has 0 spiro atoms. The van der Waals surface area contributed by atoms with Gasteiger partial charge in [-0.15, -0.1) is 11.3 Å². The van der Waals surface area contributed by atoms with Gasteiger partial charge in [0.25, 0.3) is 11.5 Å². The number of aromatic nitrogens is 1. The molecule has 2 aromatic heterocycles. The number of hydrogen-bond donors (Lipinski definition) is 1. The molecule has 1 atom stereocenters. The first kappa shape index (κ1) is 17.0. The summed E-state index contributed by atoms with van der Waals surface area (Å²) in [6, 6.07) is 13.9. The number of carbonyl (C=O) groups excluding carboxylic acids is 1. The molecule has 0 aliphatic rings. The summed E-state index contributed by atoms with van der Waals surface area (Å²) in [5.74, 6) is 0.485. The second kappa shape index (κ2) is 7.36. The third kappa shape index (κ3) is 3.80. The van der Waals surface area contributed by atoms with E-state index in [0.29, 0.717) is 17.0 Å². The van der Waals surface area contributed by atoms with E-state index in [4.69, 9.17) is 4.74 Å². The Labute approximate surface area is 149 Å². The Kier molecular flexibility index (Phi) is 5.00. The molecule has 3 aromatic rings. The zero-order valence-corrected chi connectivity index (χ0v) is 14.7. The van der Waals surface area contributed by atoms with Crippen LogP contribution in [0.2, 0.25) is 0 Å². The highest BCUT2D eigenvalue weighted by Crippen LogP contribution is 2.19. The van der Waals surface area contributed by atoms with Gasteiger partial charge in [0.15, 0.2) is 0 Å². The van der Waals surface area contributed by atoms with Crippen molar-refractivity contribution in [3.63, 3.8) is 0 Å². The molecule has 1 N–H and O–H groups in total. The molecular formula is C19H18N2O3S. The molecule has 2 heterocycles. The fourth-order valence-corrected chi connectivity index (χ4v) is 3.19. The van der Waals surface area contributed by atoms with Crippen LogP contribution in [0.3, 0.4) is 0 Å². The van der Waals surface area contributed by atoms with E-state index in [0.717, 1.165) is 4.88 Å². The first-order valence-electron chi connectivity index (χ1n) is 7.80.